The Morgan fingerprint density at radius 3 is 2.78 bits per heavy atom. The minimum Gasteiger partial charge on any atom is -0.480 e. The van der Waals surface area contributed by atoms with Gasteiger partial charge in [-0.3, -0.25) is 10.1 Å². The van der Waals surface area contributed by atoms with Crippen molar-refractivity contribution in [2.45, 2.75) is 76.1 Å². The molecule has 106 valence electrons. The van der Waals surface area contributed by atoms with E-state index in [9.17, 15) is 9.90 Å². The molecule has 1 rings (SSSR count). The lowest BCUT2D eigenvalue weighted by atomic mass is 9.97. The van der Waals surface area contributed by atoms with Crippen LogP contribution in [0.1, 0.15) is 59.3 Å². The summed E-state index contributed by atoms with van der Waals surface area (Å²) < 4.78 is 0. The number of carbonyl (C=O) groups is 1. The van der Waals surface area contributed by atoms with Crippen LogP contribution >= 0.6 is 11.8 Å². The maximum atomic E-state index is 11.5. The van der Waals surface area contributed by atoms with Crippen LogP contribution in [0.4, 0.5) is 0 Å². The molecule has 3 nitrogen and oxygen atoms in total. The fourth-order valence-corrected chi connectivity index (χ4v) is 4.08. The SMILES string of the molecule is CCCCCSC1CCC(NC(C)C)(C(=O)O)C1. The molecule has 2 unspecified atom stereocenters. The van der Waals surface area contributed by atoms with Gasteiger partial charge in [0.2, 0.25) is 0 Å². The number of rotatable bonds is 8. The molecule has 0 spiro atoms. The first-order valence-corrected chi connectivity index (χ1v) is 8.17. The zero-order valence-electron chi connectivity index (χ0n) is 11.9. The van der Waals surface area contributed by atoms with E-state index in [1.54, 1.807) is 0 Å². The number of unbranched alkanes of at least 4 members (excludes halogenated alkanes) is 2. The van der Waals surface area contributed by atoms with Crippen LogP contribution in [0.3, 0.4) is 0 Å². The summed E-state index contributed by atoms with van der Waals surface area (Å²) in [6, 6.07) is 0.227. The highest BCUT2D eigenvalue weighted by Gasteiger charge is 2.45. The lowest BCUT2D eigenvalue weighted by Gasteiger charge is -2.28. The van der Waals surface area contributed by atoms with Gasteiger partial charge in [0.1, 0.15) is 5.54 Å². The first-order valence-electron chi connectivity index (χ1n) is 7.13. The Bertz CT molecular complexity index is 271. The van der Waals surface area contributed by atoms with E-state index in [4.69, 9.17) is 0 Å². The summed E-state index contributed by atoms with van der Waals surface area (Å²) in [7, 11) is 0. The van der Waals surface area contributed by atoms with Crippen molar-refractivity contribution in [2.75, 3.05) is 5.75 Å². The number of hydrogen-bond acceptors (Lipinski definition) is 3. The van der Waals surface area contributed by atoms with Crippen LogP contribution in [0.2, 0.25) is 0 Å². The van der Waals surface area contributed by atoms with E-state index in [1.807, 2.05) is 25.6 Å². The molecule has 0 aromatic heterocycles. The third-order valence-corrected chi connectivity index (χ3v) is 4.94. The molecule has 18 heavy (non-hydrogen) atoms. The maximum Gasteiger partial charge on any atom is 0.323 e. The summed E-state index contributed by atoms with van der Waals surface area (Å²) in [5, 5.41) is 13.3. The van der Waals surface area contributed by atoms with E-state index >= 15 is 0 Å². The fourth-order valence-electron chi connectivity index (χ4n) is 2.68. The van der Waals surface area contributed by atoms with E-state index in [2.05, 4.69) is 12.2 Å². The molecule has 1 fully saturated rings. The molecule has 1 aliphatic rings. The van der Waals surface area contributed by atoms with Crippen LogP contribution in [-0.2, 0) is 4.79 Å². The average molecular weight is 273 g/mol. The van der Waals surface area contributed by atoms with E-state index in [0.29, 0.717) is 5.25 Å². The van der Waals surface area contributed by atoms with Gasteiger partial charge in [0.15, 0.2) is 0 Å². The van der Waals surface area contributed by atoms with Crippen LogP contribution in [0.5, 0.6) is 0 Å². The smallest absolute Gasteiger partial charge is 0.323 e. The number of thioether (sulfide) groups is 1. The van der Waals surface area contributed by atoms with Crippen molar-refractivity contribution >= 4 is 17.7 Å². The van der Waals surface area contributed by atoms with Gasteiger partial charge < -0.3 is 5.11 Å². The van der Waals surface area contributed by atoms with Crippen molar-refractivity contribution in [1.29, 1.82) is 0 Å². The van der Waals surface area contributed by atoms with Crippen molar-refractivity contribution in [2.24, 2.45) is 0 Å². The summed E-state index contributed by atoms with van der Waals surface area (Å²) in [5.41, 5.74) is -0.670. The van der Waals surface area contributed by atoms with Gasteiger partial charge in [-0.25, -0.2) is 0 Å². The number of hydrogen-bond donors (Lipinski definition) is 2. The summed E-state index contributed by atoms with van der Waals surface area (Å²) in [6.07, 6.45) is 6.37. The second-order valence-corrected chi connectivity index (χ2v) is 7.04. The van der Waals surface area contributed by atoms with Crippen LogP contribution < -0.4 is 5.32 Å². The number of aliphatic carboxylic acids is 1. The number of carboxylic acid groups (broad SMARTS) is 1. The summed E-state index contributed by atoms with van der Waals surface area (Å²) in [4.78, 5) is 11.5. The molecular weight excluding hydrogens is 246 g/mol. The Hall–Kier alpha value is -0.220. The summed E-state index contributed by atoms with van der Waals surface area (Å²) in [6.45, 7) is 6.25. The Morgan fingerprint density at radius 1 is 1.50 bits per heavy atom. The molecule has 0 aliphatic heterocycles. The summed E-state index contributed by atoms with van der Waals surface area (Å²) >= 11 is 1.97. The van der Waals surface area contributed by atoms with Gasteiger partial charge in [-0.15, -0.1) is 0 Å². The number of carboxylic acids is 1. The molecule has 0 radical (unpaired) electrons. The molecule has 0 amide bonds. The Labute approximate surface area is 115 Å². The van der Waals surface area contributed by atoms with Gasteiger partial charge in [-0.1, -0.05) is 19.8 Å². The second kappa shape index (κ2) is 7.39. The molecule has 0 heterocycles. The highest BCUT2D eigenvalue weighted by atomic mass is 32.2. The molecule has 0 aromatic carbocycles. The predicted octanol–water partition coefficient (Wildman–Crippen LogP) is 3.28. The third kappa shape index (κ3) is 4.47. The standard InChI is InChI=1S/C14H27NO2S/c1-4-5-6-9-18-12-7-8-14(10-12,13(16)17)15-11(2)3/h11-12,15H,4-10H2,1-3H3,(H,16,17). The Morgan fingerprint density at radius 2 is 2.22 bits per heavy atom. The normalized spacial score (nSPS) is 27.9. The molecule has 2 N–H and O–H groups in total. The molecular formula is C14H27NO2S. The first-order chi connectivity index (χ1) is 8.50. The lowest BCUT2D eigenvalue weighted by Crippen LogP contribution is -2.53. The van der Waals surface area contributed by atoms with Crippen molar-refractivity contribution in [3.05, 3.63) is 0 Å². The minimum absolute atomic E-state index is 0.227. The van der Waals surface area contributed by atoms with Gasteiger partial charge in [0, 0.05) is 11.3 Å². The third-order valence-electron chi connectivity index (χ3n) is 3.55. The molecule has 0 saturated heterocycles. The van der Waals surface area contributed by atoms with E-state index < -0.39 is 11.5 Å². The lowest BCUT2D eigenvalue weighted by molar-refractivity contribution is -0.145. The van der Waals surface area contributed by atoms with Gasteiger partial charge in [0.05, 0.1) is 0 Å². The molecule has 1 saturated carbocycles. The van der Waals surface area contributed by atoms with E-state index in [1.165, 1.54) is 25.0 Å². The van der Waals surface area contributed by atoms with Crippen molar-refractivity contribution in [1.82, 2.24) is 5.32 Å². The van der Waals surface area contributed by atoms with Gasteiger partial charge >= 0.3 is 5.97 Å². The summed E-state index contributed by atoms with van der Waals surface area (Å²) in [5.74, 6) is 0.503. The van der Waals surface area contributed by atoms with Crippen molar-refractivity contribution < 1.29 is 9.90 Å². The van der Waals surface area contributed by atoms with Crippen LogP contribution in [-0.4, -0.2) is 33.7 Å². The van der Waals surface area contributed by atoms with E-state index in [0.717, 1.165) is 19.3 Å². The average Bonchev–Trinajstić information content (AvgIpc) is 2.68. The van der Waals surface area contributed by atoms with Gasteiger partial charge in [0.25, 0.3) is 0 Å². The molecule has 4 heteroatoms. The van der Waals surface area contributed by atoms with Crippen molar-refractivity contribution in [3.63, 3.8) is 0 Å². The molecule has 1 aliphatic carbocycles. The van der Waals surface area contributed by atoms with Crippen LogP contribution in [0.25, 0.3) is 0 Å². The quantitative estimate of drug-likeness (QED) is 0.666. The predicted molar refractivity (Wildman–Crippen MR) is 78.3 cm³/mol. The van der Waals surface area contributed by atoms with Crippen molar-refractivity contribution in [3.8, 4) is 0 Å². The zero-order valence-corrected chi connectivity index (χ0v) is 12.7. The van der Waals surface area contributed by atoms with Gasteiger partial charge in [-0.2, -0.15) is 11.8 Å². The first kappa shape index (κ1) is 15.8. The zero-order chi connectivity index (χ0) is 13.6. The monoisotopic (exact) mass is 273 g/mol. The molecule has 2 atom stereocenters. The molecule has 0 bridgehead atoms. The highest BCUT2D eigenvalue weighted by molar-refractivity contribution is 7.99. The van der Waals surface area contributed by atoms with Gasteiger partial charge in [-0.05, 0) is 45.3 Å². The maximum absolute atomic E-state index is 11.5. The molecule has 0 aromatic rings. The van der Waals surface area contributed by atoms with Crippen LogP contribution in [0, 0.1) is 0 Å². The largest absolute Gasteiger partial charge is 0.480 e. The highest BCUT2D eigenvalue weighted by Crippen LogP contribution is 2.38. The van der Waals surface area contributed by atoms with E-state index in [-0.39, 0.29) is 6.04 Å². The second-order valence-electron chi connectivity index (χ2n) is 5.63. The Balaban J connectivity index is 2.42. The Kier molecular flexibility index (Phi) is 6.50. The fraction of sp³-hybridized carbons (Fsp3) is 0.929. The van der Waals surface area contributed by atoms with Crippen LogP contribution in [0.15, 0.2) is 0 Å². The number of nitrogens with one attached hydrogen (secondary N) is 1. The minimum atomic E-state index is -0.673. The topological polar surface area (TPSA) is 49.3 Å².